The zero-order valence-electron chi connectivity index (χ0n) is 13.5. The number of rotatable bonds is 4. The summed E-state index contributed by atoms with van der Waals surface area (Å²) < 4.78 is 10.4. The maximum atomic E-state index is 12.5. The lowest BCUT2D eigenvalue weighted by molar-refractivity contribution is -0.146. The van der Waals surface area contributed by atoms with E-state index in [0.717, 1.165) is 0 Å². The van der Waals surface area contributed by atoms with Crippen LogP contribution in [0.3, 0.4) is 0 Å². The number of urea groups is 1. The molecule has 1 aliphatic rings. The molecule has 0 fully saturated rings. The van der Waals surface area contributed by atoms with E-state index in [1.807, 2.05) is 25.1 Å². The summed E-state index contributed by atoms with van der Waals surface area (Å²) in [5.74, 6) is -0.878. The summed E-state index contributed by atoms with van der Waals surface area (Å²) in [5.41, 5.74) is 1.19. The van der Waals surface area contributed by atoms with Crippen molar-refractivity contribution < 1.29 is 19.1 Å². The molecule has 124 valence electrons. The number of amides is 2. The van der Waals surface area contributed by atoms with Gasteiger partial charge in [0.1, 0.15) is 5.92 Å². The van der Waals surface area contributed by atoms with Crippen molar-refractivity contribution in [2.75, 3.05) is 19.0 Å². The SMILES string of the molecule is CCO[C@@H]1C[C@H](C(=O)OC)C(C)=NN1C(=O)Nc1ccccc1. The number of para-hydroxylation sites is 1. The molecule has 1 aromatic rings. The molecule has 0 saturated heterocycles. The lowest BCUT2D eigenvalue weighted by Gasteiger charge is -2.34. The van der Waals surface area contributed by atoms with E-state index >= 15 is 0 Å². The van der Waals surface area contributed by atoms with Crippen LogP contribution in [0.4, 0.5) is 10.5 Å². The largest absolute Gasteiger partial charge is 0.469 e. The van der Waals surface area contributed by atoms with Crippen molar-refractivity contribution >= 4 is 23.4 Å². The maximum Gasteiger partial charge on any atom is 0.344 e. The van der Waals surface area contributed by atoms with E-state index in [2.05, 4.69) is 10.4 Å². The van der Waals surface area contributed by atoms with Gasteiger partial charge in [-0.25, -0.2) is 4.79 Å². The molecule has 1 aromatic carbocycles. The highest BCUT2D eigenvalue weighted by Gasteiger charge is 2.37. The van der Waals surface area contributed by atoms with Crippen molar-refractivity contribution in [1.82, 2.24) is 5.01 Å². The molecule has 7 heteroatoms. The highest BCUT2D eigenvalue weighted by molar-refractivity contribution is 6.02. The highest BCUT2D eigenvalue weighted by Crippen LogP contribution is 2.24. The second kappa shape index (κ2) is 7.73. The van der Waals surface area contributed by atoms with Crippen molar-refractivity contribution in [3.05, 3.63) is 30.3 Å². The van der Waals surface area contributed by atoms with Crippen molar-refractivity contribution in [2.45, 2.75) is 26.5 Å². The van der Waals surface area contributed by atoms with Crippen LogP contribution in [0.1, 0.15) is 20.3 Å². The number of hydrogen-bond donors (Lipinski definition) is 1. The Labute approximate surface area is 135 Å². The van der Waals surface area contributed by atoms with E-state index in [-0.39, 0.29) is 5.97 Å². The van der Waals surface area contributed by atoms with Crippen LogP contribution in [0.2, 0.25) is 0 Å². The van der Waals surface area contributed by atoms with Crippen molar-refractivity contribution in [1.29, 1.82) is 0 Å². The van der Waals surface area contributed by atoms with E-state index in [1.54, 1.807) is 19.1 Å². The Bertz CT molecular complexity index is 588. The van der Waals surface area contributed by atoms with Gasteiger partial charge in [-0.3, -0.25) is 4.79 Å². The Kier molecular flexibility index (Phi) is 5.70. The van der Waals surface area contributed by atoms with Gasteiger partial charge in [-0.1, -0.05) is 18.2 Å². The summed E-state index contributed by atoms with van der Waals surface area (Å²) in [7, 11) is 1.33. The summed E-state index contributed by atoms with van der Waals surface area (Å²) >= 11 is 0. The summed E-state index contributed by atoms with van der Waals surface area (Å²) in [6, 6.07) is 8.68. The standard InChI is InChI=1S/C16H21N3O4/c1-4-23-14-10-13(15(20)22-3)11(2)18-19(14)16(21)17-12-8-6-5-7-9-12/h5-9,13-14H,4,10H2,1-3H3,(H,17,21)/t13-,14+/m0/s1. The minimum atomic E-state index is -0.614. The van der Waals surface area contributed by atoms with E-state index in [1.165, 1.54) is 12.1 Å². The first-order valence-corrected chi connectivity index (χ1v) is 7.46. The van der Waals surface area contributed by atoms with Crippen LogP contribution in [-0.2, 0) is 14.3 Å². The van der Waals surface area contributed by atoms with E-state index in [9.17, 15) is 9.59 Å². The molecule has 2 atom stereocenters. The predicted octanol–water partition coefficient (Wildman–Crippen LogP) is 2.45. The topological polar surface area (TPSA) is 80.2 Å². The normalized spacial score (nSPS) is 20.7. The van der Waals surface area contributed by atoms with Gasteiger partial charge in [0.2, 0.25) is 0 Å². The van der Waals surface area contributed by atoms with Gasteiger partial charge in [0, 0.05) is 18.7 Å². The predicted molar refractivity (Wildman–Crippen MR) is 85.9 cm³/mol. The number of carbonyl (C=O) groups is 2. The molecule has 1 N–H and O–H groups in total. The summed E-state index contributed by atoms with van der Waals surface area (Å²) in [6.07, 6.45) is -0.297. The molecule has 0 aliphatic carbocycles. The van der Waals surface area contributed by atoms with Gasteiger partial charge in [0.05, 0.1) is 12.8 Å². The number of nitrogens with zero attached hydrogens (tertiary/aromatic N) is 2. The van der Waals surface area contributed by atoms with Crippen LogP contribution in [0.5, 0.6) is 0 Å². The molecule has 0 unspecified atom stereocenters. The fourth-order valence-corrected chi connectivity index (χ4v) is 2.39. The smallest absolute Gasteiger partial charge is 0.344 e. The van der Waals surface area contributed by atoms with Gasteiger partial charge < -0.3 is 14.8 Å². The lowest BCUT2D eigenvalue weighted by atomic mass is 9.98. The second-order valence-electron chi connectivity index (χ2n) is 5.10. The molecular formula is C16H21N3O4. The highest BCUT2D eigenvalue weighted by atomic mass is 16.5. The summed E-state index contributed by atoms with van der Waals surface area (Å²) in [6.45, 7) is 3.93. The van der Waals surface area contributed by atoms with Gasteiger partial charge in [0.25, 0.3) is 0 Å². The minimum Gasteiger partial charge on any atom is -0.469 e. The monoisotopic (exact) mass is 319 g/mol. The number of nitrogens with one attached hydrogen (secondary N) is 1. The van der Waals surface area contributed by atoms with Gasteiger partial charge in [0.15, 0.2) is 6.23 Å². The zero-order chi connectivity index (χ0) is 16.8. The molecule has 0 aromatic heterocycles. The van der Waals surface area contributed by atoms with Gasteiger partial charge >= 0.3 is 12.0 Å². The van der Waals surface area contributed by atoms with Crippen LogP contribution in [0, 0.1) is 5.92 Å². The van der Waals surface area contributed by atoms with Gasteiger partial charge in [-0.15, -0.1) is 0 Å². The average Bonchev–Trinajstić information content (AvgIpc) is 2.56. The maximum absolute atomic E-state index is 12.5. The Balaban J connectivity index is 2.19. The van der Waals surface area contributed by atoms with E-state index in [4.69, 9.17) is 9.47 Å². The Morgan fingerprint density at radius 3 is 2.65 bits per heavy atom. The fourth-order valence-electron chi connectivity index (χ4n) is 2.39. The molecular weight excluding hydrogens is 298 g/mol. The number of carbonyl (C=O) groups excluding carboxylic acids is 2. The van der Waals surface area contributed by atoms with Crippen molar-refractivity contribution in [3.8, 4) is 0 Å². The van der Waals surface area contributed by atoms with Gasteiger partial charge in [-0.2, -0.15) is 10.1 Å². The number of anilines is 1. The summed E-state index contributed by atoms with van der Waals surface area (Å²) in [5, 5.41) is 8.24. The lowest BCUT2D eigenvalue weighted by Crippen LogP contribution is -2.48. The fraction of sp³-hybridized carbons (Fsp3) is 0.438. The van der Waals surface area contributed by atoms with Crippen molar-refractivity contribution in [3.63, 3.8) is 0 Å². The van der Waals surface area contributed by atoms with Crippen LogP contribution >= 0.6 is 0 Å². The molecule has 2 rings (SSSR count). The molecule has 7 nitrogen and oxygen atoms in total. The van der Waals surface area contributed by atoms with Crippen molar-refractivity contribution in [2.24, 2.45) is 11.0 Å². The molecule has 0 saturated carbocycles. The Morgan fingerprint density at radius 2 is 2.04 bits per heavy atom. The molecule has 1 heterocycles. The molecule has 23 heavy (non-hydrogen) atoms. The van der Waals surface area contributed by atoms with Gasteiger partial charge in [-0.05, 0) is 26.0 Å². The molecule has 1 aliphatic heterocycles. The number of hydrazone groups is 1. The molecule has 0 spiro atoms. The molecule has 0 radical (unpaired) electrons. The number of hydrogen-bond acceptors (Lipinski definition) is 5. The van der Waals surface area contributed by atoms with Crippen LogP contribution in [-0.4, -0.2) is 42.7 Å². The number of benzene rings is 1. The number of ether oxygens (including phenoxy) is 2. The van der Waals surface area contributed by atoms with Crippen LogP contribution in [0.25, 0.3) is 0 Å². The van der Waals surface area contributed by atoms with E-state index < -0.39 is 18.2 Å². The first-order chi connectivity index (χ1) is 11.1. The van der Waals surface area contributed by atoms with Crippen LogP contribution < -0.4 is 5.32 Å². The summed E-state index contributed by atoms with van der Waals surface area (Å²) in [4.78, 5) is 24.3. The number of methoxy groups -OCH3 is 1. The zero-order valence-corrected chi connectivity index (χ0v) is 13.5. The Morgan fingerprint density at radius 1 is 1.35 bits per heavy atom. The van der Waals surface area contributed by atoms with E-state index in [0.29, 0.717) is 24.4 Å². The third-order valence-electron chi connectivity index (χ3n) is 3.56. The minimum absolute atomic E-state index is 0.318. The molecule has 0 bridgehead atoms. The quantitative estimate of drug-likeness (QED) is 0.864. The number of esters is 1. The first kappa shape index (κ1) is 17.0. The third-order valence-corrected chi connectivity index (χ3v) is 3.56. The average molecular weight is 319 g/mol. The third kappa shape index (κ3) is 4.07. The Hall–Kier alpha value is -2.41. The molecule has 2 amide bonds. The second-order valence-corrected chi connectivity index (χ2v) is 5.10. The first-order valence-electron chi connectivity index (χ1n) is 7.46. The van der Waals surface area contributed by atoms with Crippen LogP contribution in [0.15, 0.2) is 35.4 Å².